The van der Waals surface area contributed by atoms with Gasteiger partial charge in [-0.1, -0.05) is 12.2 Å². The van der Waals surface area contributed by atoms with Crippen LogP contribution in [-0.2, 0) is 9.59 Å². The van der Waals surface area contributed by atoms with Crippen molar-refractivity contribution in [2.45, 2.75) is 25.3 Å². The Bertz CT molecular complexity index is 259. The zero-order chi connectivity index (χ0) is 11.3. The van der Waals surface area contributed by atoms with Gasteiger partial charge in [0.1, 0.15) is 0 Å². The van der Waals surface area contributed by atoms with Crippen LogP contribution >= 0.6 is 0 Å². The van der Waals surface area contributed by atoms with E-state index in [1.54, 1.807) is 0 Å². The Morgan fingerprint density at radius 3 is 2.27 bits per heavy atom. The molecule has 1 heterocycles. The first-order valence-corrected chi connectivity index (χ1v) is 4.91. The summed E-state index contributed by atoms with van der Waals surface area (Å²) < 4.78 is 0. The first kappa shape index (κ1) is 11.7. The molecule has 84 valence electrons. The molecule has 0 radical (unpaired) electrons. The fourth-order valence-corrected chi connectivity index (χ4v) is 1.79. The standard InChI is InChI=1S/C10H15NO4/c12-9(13)5-7(6-10(14)15)8-3-1-2-4-11-8/h1-2,7-8,11H,3-6H2,(H,12,13)(H,14,15). The zero-order valence-electron chi connectivity index (χ0n) is 8.35. The first-order chi connectivity index (χ1) is 7.09. The second-order valence-corrected chi connectivity index (χ2v) is 3.68. The van der Waals surface area contributed by atoms with E-state index in [2.05, 4.69) is 5.32 Å². The van der Waals surface area contributed by atoms with E-state index in [0.29, 0.717) is 13.0 Å². The molecule has 0 bridgehead atoms. The van der Waals surface area contributed by atoms with Gasteiger partial charge < -0.3 is 15.5 Å². The maximum atomic E-state index is 10.6. The van der Waals surface area contributed by atoms with Gasteiger partial charge in [-0.05, 0) is 12.3 Å². The van der Waals surface area contributed by atoms with E-state index in [1.165, 1.54) is 0 Å². The summed E-state index contributed by atoms with van der Waals surface area (Å²) in [6, 6.07) is -0.0396. The summed E-state index contributed by atoms with van der Waals surface area (Å²) in [4.78, 5) is 21.2. The highest BCUT2D eigenvalue weighted by atomic mass is 16.4. The molecular formula is C10H15NO4. The van der Waals surface area contributed by atoms with Gasteiger partial charge >= 0.3 is 11.9 Å². The van der Waals surface area contributed by atoms with E-state index in [0.717, 1.165) is 0 Å². The summed E-state index contributed by atoms with van der Waals surface area (Å²) >= 11 is 0. The van der Waals surface area contributed by atoms with E-state index in [9.17, 15) is 9.59 Å². The Morgan fingerprint density at radius 1 is 1.27 bits per heavy atom. The summed E-state index contributed by atoms with van der Waals surface area (Å²) in [6.45, 7) is 0.681. The van der Waals surface area contributed by atoms with Crippen molar-refractivity contribution >= 4 is 11.9 Å². The number of nitrogens with one attached hydrogen (secondary N) is 1. The minimum Gasteiger partial charge on any atom is -0.481 e. The Hall–Kier alpha value is -1.36. The van der Waals surface area contributed by atoms with Gasteiger partial charge in [0.2, 0.25) is 0 Å². The van der Waals surface area contributed by atoms with Gasteiger partial charge in [0.25, 0.3) is 0 Å². The third-order valence-electron chi connectivity index (χ3n) is 2.50. The molecule has 5 heteroatoms. The van der Waals surface area contributed by atoms with Crippen LogP contribution < -0.4 is 5.32 Å². The van der Waals surface area contributed by atoms with Crippen LogP contribution in [0.25, 0.3) is 0 Å². The van der Waals surface area contributed by atoms with E-state index >= 15 is 0 Å². The van der Waals surface area contributed by atoms with Crippen LogP contribution in [0.1, 0.15) is 19.3 Å². The summed E-state index contributed by atoms with van der Waals surface area (Å²) in [5.74, 6) is -2.24. The van der Waals surface area contributed by atoms with E-state index in [-0.39, 0.29) is 24.8 Å². The summed E-state index contributed by atoms with van der Waals surface area (Å²) in [6.07, 6.45) is 4.41. The number of carbonyl (C=O) groups is 2. The molecule has 0 saturated heterocycles. The predicted octanol–water partition coefficient (Wildman–Crippen LogP) is 0.470. The lowest BCUT2D eigenvalue weighted by atomic mass is 9.89. The van der Waals surface area contributed by atoms with Crippen molar-refractivity contribution in [2.75, 3.05) is 6.54 Å². The molecule has 1 aliphatic rings. The first-order valence-electron chi connectivity index (χ1n) is 4.91. The van der Waals surface area contributed by atoms with Gasteiger partial charge in [-0.25, -0.2) is 0 Å². The monoisotopic (exact) mass is 213 g/mol. The number of rotatable bonds is 5. The van der Waals surface area contributed by atoms with E-state index in [4.69, 9.17) is 10.2 Å². The highest BCUT2D eigenvalue weighted by Crippen LogP contribution is 2.19. The Kier molecular flexibility index (Phi) is 4.30. The van der Waals surface area contributed by atoms with Crippen LogP contribution in [0.2, 0.25) is 0 Å². The minimum absolute atomic E-state index is 0.0396. The lowest BCUT2D eigenvalue weighted by Gasteiger charge is -2.26. The molecule has 0 fully saturated rings. The predicted molar refractivity (Wildman–Crippen MR) is 53.5 cm³/mol. The van der Waals surface area contributed by atoms with Crippen molar-refractivity contribution in [3.8, 4) is 0 Å². The third kappa shape index (κ3) is 4.12. The topological polar surface area (TPSA) is 86.6 Å². The molecular weight excluding hydrogens is 198 g/mol. The molecule has 1 atom stereocenters. The fourth-order valence-electron chi connectivity index (χ4n) is 1.79. The van der Waals surface area contributed by atoms with Gasteiger partial charge in [-0.3, -0.25) is 9.59 Å². The molecule has 15 heavy (non-hydrogen) atoms. The highest BCUT2D eigenvalue weighted by molar-refractivity contribution is 5.71. The molecule has 5 nitrogen and oxygen atoms in total. The molecule has 0 saturated carbocycles. The third-order valence-corrected chi connectivity index (χ3v) is 2.50. The number of hydrogen-bond donors (Lipinski definition) is 3. The molecule has 0 aromatic carbocycles. The molecule has 1 rings (SSSR count). The fraction of sp³-hybridized carbons (Fsp3) is 0.600. The molecule has 0 aromatic heterocycles. The van der Waals surface area contributed by atoms with Crippen molar-refractivity contribution in [1.29, 1.82) is 0 Å². The maximum absolute atomic E-state index is 10.6. The average Bonchev–Trinajstić information content (AvgIpc) is 2.17. The van der Waals surface area contributed by atoms with Gasteiger partial charge in [0.15, 0.2) is 0 Å². The normalized spacial score (nSPS) is 20.5. The molecule has 1 unspecified atom stereocenters. The van der Waals surface area contributed by atoms with Gasteiger partial charge in [-0.15, -0.1) is 0 Å². The SMILES string of the molecule is O=C(O)CC(CC(=O)O)C1CC=CCN1. The average molecular weight is 213 g/mol. The number of hydrogen-bond acceptors (Lipinski definition) is 3. The summed E-state index contributed by atoms with van der Waals surface area (Å²) in [5, 5.41) is 20.5. The van der Waals surface area contributed by atoms with Gasteiger partial charge in [0, 0.05) is 12.6 Å². The lowest BCUT2D eigenvalue weighted by Crippen LogP contribution is -2.39. The molecule has 0 aromatic rings. The summed E-state index contributed by atoms with van der Waals surface area (Å²) in [5.41, 5.74) is 0. The Labute approximate surface area is 87.8 Å². The quantitative estimate of drug-likeness (QED) is 0.578. The number of carboxylic acids is 2. The van der Waals surface area contributed by atoms with Gasteiger partial charge in [-0.2, -0.15) is 0 Å². The molecule has 3 N–H and O–H groups in total. The van der Waals surface area contributed by atoms with Crippen molar-refractivity contribution in [3.63, 3.8) is 0 Å². The molecule has 0 amide bonds. The van der Waals surface area contributed by atoms with Crippen molar-refractivity contribution in [1.82, 2.24) is 5.32 Å². The lowest BCUT2D eigenvalue weighted by molar-refractivity contribution is -0.141. The smallest absolute Gasteiger partial charge is 0.303 e. The zero-order valence-corrected chi connectivity index (χ0v) is 8.35. The Balaban J connectivity index is 2.57. The second-order valence-electron chi connectivity index (χ2n) is 3.68. The molecule has 0 aliphatic carbocycles. The van der Waals surface area contributed by atoms with E-state index in [1.807, 2.05) is 12.2 Å². The van der Waals surface area contributed by atoms with E-state index < -0.39 is 11.9 Å². The highest BCUT2D eigenvalue weighted by Gasteiger charge is 2.26. The van der Waals surface area contributed by atoms with Crippen molar-refractivity contribution in [2.24, 2.45) is 5.92 Å². The second kappa shape index (κ2) is 5.50. The molecule has 1 aliphatic heterocycles. The van der Waals surface area contributed by atoms with Crippen molar-refractivity contribution < 1.29 is 19.8 Å². The number of carboxylic acid groups (broad SMARTS) is 2. The maximum Gasteiger partial charge on any atom is 0.303 e. The van der Waals surface area contributed by atoms with Crippen LogP contribution in [-0.4, -0.2) is 34.7 Å². The van der Waals surface area contributed by atoms with Crippen LogP contribution in [0.15, 0.2) is 12.2 Å². The van der Waals surface area contributed by atoms with Crippen LogP contribution in [0, 0.1) is 5.92 Å². The van der Waals surface area contributed by atoms with Crippen molar-refractivity contribution in [3.05, 3.63) is 12.2 Å². The number of aliphatic carboxylic acids is 2. The summed E-state index contributed by atoms with van der Waals surface area (Å²) in [7, 11) is 0. The van der Waals surface area contributed by atoms with Gasteiger partial charge in [0.05, 0.1) is 12.8 Å². The Morgan fingerprint density at radius 2 is 1.87 bits per heavy atom. The van der Waals surface area contributed by atoms with Crippen LogP contribution in [0.5, 0.6) is 0 Å². The largest absolute Gasteiger partial charge is 0.481 e. The molecule has 0 spiro atoms. The minimum atomic E-state index is -0.947. The van der Waals surface area contributed by atoms with Crippen LogP contribution in [0.3, 0.4) is 0 Å². The van der Waals surface area contributed by atoms with Crippen LogP contribution in [0.4, 0.5) is 0 Å².